The summed E-state index contributed by atoms with van der Waals surface area (Å²) in [7, 11) is 0. The molecule has 0 aliphatic heterocycles. The van der Waals surface area contributed by atoms with Crippen LogP contribution in [-0.2, 0) is 39.1 Å². The van der Waals surface area contributed by atoms with Gasteiger partial charge >= 0.3 is 24.2 Å². The molecule has 0 saturated carbocycles. The molecule has 0 aliphatic carbocycles. The Labute approximate surface area is 200 Å². The first-order valence-electron chi connectivity index (χ1n) is 10.1. The quantitative estimate of drug-likeness (QED) is 0.264. The number of hydrogen-bond acceptors (Lipinski definition) is 12. The predicted molar refractivity (Wildman–Crippen MR) is 114 cm³/mol. The van der Waals surface area contributed by atoms with Crippen molar-refractivity contribution < 1.29 is 58.3 Å². The van der Waals surface area contributed by atoms with Crippen molar-refractivity contribution >= 4 is 24.2 Å². The second-order valence-corrected chi connectivity index (χ2v) is 8.02. The molecule has 0 atom stereocenters. The van der Waals surface area contributed by atoms with Crippen molar-refractivity contribution in [1.29, 1.82) is 0 Å². The number of carbonyl (C=O) groups excluding carboxylic acids is 4. The molecule has 0 aromatic heterocycles. The smallest absolute Gasteiger partial charge is 0.432 e. The van der Waals surface area contributed by atoms with Gasteiger partial charge in [-0.3, -0.25) is 9.78 Å². The van der Waals surface area contributed by atoms with Gasteiger partial charge in [-0.1, -0.05) is 49.2 Å². The Morgan fingerprint density at radius 1 is 0.600 bits per heavy atom. The molecular weight excluding hydrogens is 468 g/mol. The largest absolute Gasteiger partial charge is 0.543 e. The van der Waals surface area contributed by atoms with Gasteiger partial charge in [0.25, 0.3) is 0 Å². The molecule has 0 bridgehead atoms. The van der Waals surface area contributed by atoms with Crippen LogP contribution in [0.5, 0.6) is 0 Å². The van der Waals surface area contributed by atoms with Crippen molar-refractivity contribution in [2.75, 3.05) is 13.2 Å². The number of carbonyl (C=O) groups is 4. The van der Waals surface area contributed by atoms with Gasteiger partial charge in [-0.25, -0.2) is 29.0 Å². The number of benzene rings is 2. The van der Waals surface area contributed by atoms with Crippen molar-refractivity contribution in [2.24, 2.45) is 5.41 Å². The van der Waals surface area contributed by atoms with Crippen LogP contribution in [0, 0.1) is 19.3 Å². The third kappa shape index (κ3) is 10.1. The van der Waals surface area contributed by atoms with Crippen molar-refractivity contribution in [3.63, 3.8) is 0 Å². The predicted octanol–water partition coefficient (Wildman–Crippen LogP) is 4.34. The minimum absolute atomic E-state index is 0.187. The molecule has 0 unspecified atom stereocenters. The molecule has 188 valence electrons. The van der Waals surface area contributed by atoms with Gasteiger partial charge in [0.05, 0.1) is 21.2 Å². The maximum absolute atomic E-state index is 11.7. The Balaban J connectivity index is 1.60. The lowest BCUT2D eigenvalue weighted by molar-refractivity contribution is -0.453. The first kappa shape index (κ1) is 27.1. The number of rotatable bonds is 10. The van der Waals surface area contributed by atoms with Crippen LogP contribution in [0.25, 0.3) is 0 Å². The van der Waals surface area contributed by atoms with Crippen molar-refractivity contribution in [3.05, 3.63) is 70.8 Å². The summed E-state index contributed by atoms with van der Waals surface area (Å²) in [6, 6.07) is 12.8. The van der Waals surface area contributed by atoms with Crippen LogP contribution >= 0.6 is 0 Å². The van der Waals surface area contributed by atoms with Gasteiger partial charge in [0.1, 0.15) is 13.2 Å². The monoisotopic (exact) mass is 492 g/mol. The molecule has 0 fully saturated rings. The topological polar surface area (TPSA) is 142 Å². The van der Waals surface area contributed by atoms with Crippen LogP contribution < -0.4 is 0 Å². The molecule has 0 saturated heterocycles. The average Bonchev–Trinajstić information content (AvgIpc) is 2.82. The molecule has 12 nitrogen and oxygen atoms in total. The fourth-order valence-corrected chi connectivity index (χ4v) is 2.23. The van der Waals surface area contributed by atoms with Crippen LogP contribution in [0.4, 0.5) is 9.59 Å². The third-order valence-electron chi connectivity index (χ3n) is 4.16. The Morgan fingerprint density at radius 2 is 0.943 bits per heavy atom. The minimum Gasteiger partial charge on any atom is -0.432 e. The van der Waals surface area contributed by atoms with Crippen LogP contribution in [0.1, 0.15) is 45.7 Å². The van der Waals surface area contributed by atoms with Crippen LogP contribution in [-0.4, -0.2) is 37.5 Å². The summed E-state index contributed by atoms with van der Waals surface area (Å²) in [5, 5.41) is 8.24. The lowest BCUT2D eigenvalue weighted by Crippen LogP contribution is -2.29. The summed E-state index contributed by atoms with van der Waals surface area (Å²) >= 11 is 0. The van der Waals surface area contributed by atoms with Crippen LogP contribution in [0.15, 0.2) is 48.5 Å². The molecular formula is C23H24O12. The number of aryl methyl sites for hydroxylation is 2. The summed E-state index contributed by atoms with van der Waals surface area (Å²) in [6.45, 7) is 6.31. The number of hydrogen-bond donors (Lipinski definition) is 0. The molecule has 0 spiro atoms. The Hall–Kier alpha value is -4.16. The van der Waals surface area contributed by atoms with E-state index in [-0.39, 0.29) is 24.3 Å². The molecule has 0 amide bonds. The molecule has 2 rings (SSSR count). The maximum Gasteiger partial charge on any atom is 0.543 e. The van der Waals surface area contributed by atoms with E-state index in [0.29, 0.717) is 0 Å². The Kier molecular flexibility index (Phi) is 9.99. The SMILES string of the molecule is Cc1ccc(C(=O)OOOC(=O)OCC(C)(C)COC(=O)OOOC(=O)c2ccc(C)cc2)cc1. The summed E-state index contributed by atoms with van der Waals surface area (Å²) in [5.41, 5.74) is 1.36. The molecule has 0 radical (unpaired) electrons. The normalized spacial score (nSPS) is 10.6. The number of ether oxygens (including phenoxy) is 2. The molecule has 0 heterocycles. The molecule has 0 aliphatic rings. The highest BCUT2D eigenvalue weighted by Gasteiger charge is 2.25. The van der Waals surface area contributed by atoms with E-state index in [0.717, 1.165) is 11.1 Å². The van der Waals surface area contributed by atoms with Crippen LogP contribution in [0.2, 0.25) is 0 Å². The highest BCUT2D eigenvalue weighted by Crippen LogP contribution is 2.17. The molecule has 2 aromatic carbocycles. The van der Waals surface area contributed by atoms with Gasteiger partial charge < -0.3 is 9.47 Å². The summed E-state index contributed by atoms with van der Waals surface area (Å²) < 4.78 is 9.60. The van der Waals surface area contributed by atoms with Crippen molar-refractivity contribution in [1.82, 2.24) is 0 Å². The van der Waals surface area contributed by atoms with Gasteiger partial charge in [0, 0.05) is 5.41 Å². The van der Waals surface area contributed by atoms with Gasteiger partial charge in [-0.15, -0.1) is 0 Å². The zero-order valence-electron chi connectivity index (χ0n) is 19.4. The standard InChI is InChI=1S/C23H24O12/c1-15-5-9-17(10-6-15)19(24)30-34-32-21(26)28-13-23(3,4)14-29-22(27)33-35-31-20(25)18-11-7-16(2)8-12-18/h5-12H,13-14H2,1-4H3. The maximum atomic E-state index is 11.7. The first-order valence-corrected chi connectivity index (χ1v) is 10.1. The van der Waals surface area contributed by atoms with E-state index in [4.69, 9.17) is 9.47 Å². The van der Waals surface area contributed by atoms with E-state index in [9.17, 15) is 19.2 Å². The molecule has 35 heavy (non-hydrogen) atoms. The van der Waals surface area contributed by atoms with E-state index in [1.807, 2.05) is 13.8 Å². The van der Waals surface area contributed by atoms with E-state index in [1.165, 1.54) is 24.3 Å². The fraction of sp³-hybridized carbons (Fsp3) is 0.304. The average molecular weight is 492 g/mol. The van der Waals surface area contributed by atoms with E-state index in [1.54, 1.807) is 38.1 Å². The van der Waals surface area contributed by atoms with Gasteiger partial charge in [-0.05, 0) is 38.1 Å². The van der Waals surface area contributed by atoms with E-state index < -0.39 is 29.7 Å². The summed E-state index contributed by atoms with van der Waals surface area (Å²) in [4.78, 5) is 63.6. The molecule has 2 aromatic rings. The molecule has 0 N–H and O–H groups in total. The van der Waals surface area contributed by atoms with Gasteiger partial charge in [0.2, 0.25) is 0 Å². The fourth-order valence-electron chi connectivity index (χ4n) is 2.23. The highest BCUT2D eigenvalue weighted by atomic mass is 17.5. The third-order valence-corrected chi connectivity index (χ3v) is 4.16. The Bertz CT molecular complexity index is 930. The lowest BCUT2D eigenvalue weighted by atomic mass is 9.96. The highest BCUT2D eigenvalue weighted by molar-refractivity contribution is 5.89. The first-order chi connectivity index (χ1) is 16.6. The second kappa shape index (κ2) is 12.9. The zero-order chi connectivity index (χ0) is 25.8. The summed E-state index contributed by atoms with van der Waals surface area (Å²) in [5.74, 6) is -1.76. The molecule has 12 heteroatoms. The lowest BCUT2D eigenvalue weighted by Gasteiger charge is -2.22. The summed E-state index contributed by atoms with van der Waals surface area (Å²) in [6.07, 6.45) is -2.60. The van der Waals surface area contributed by atoms with E-state index >= 15 is 0 Å². The van der Waals surface area contributed by atoms with Crippen LogP contribution in [0.3, 0.4) is 0 Å². The second-order valence-electron chi connectivity index (χ2n) is 8.02. The minimum atomic E-state index is -1.30. The van der Waals surface area contributed by atoms with Gasteiger partial charge in [0.15, 0.2) is 0 Å². The van der Waals surface area contributed by atoms with E-state index in [2.05, 4.69) is 29.6 Å². The Morgan fingerprint density at radius 3 is 1.29 bits per heavy atom. The van der Waals surface area contributed by atoms with Gasteiger partial charge in [-0.2, -0.15) is 0 Å². The zero-order valence-corrected chi connectivity index (χ0v) is 19.4. The van der Waals surface area contributed by atoms with Crippen molar-refractivity contribution in [3.8, 4) is 0 Å². The van der Waals surface area contributed by atoms with Crippen molar-refractivity contribution in [2.45, 2.75) is 27.7 Å².